The number of carbonyl (C=O) groups is 2. The third-order valence-corrected chi connectivity index (χ3v) is 2.30. The molecule has 0 fully saturated rings. The summed E-state index contributed by atoms with van der Waals surface area (Å²) >= 11 is 0. The molecule has 1 rings (SSSR count). The average Bonchev–Trinajstić information content (AvgIpc) is 2.51. The first kappa shape index (κ1) is 12.2. The summed E-state index contributed by atoms with van der Waals surface area (Å²) in [5, 5.41) is 0. The van der Waals surface area contributed by atoms with Gasteiger partial charge in [0.25, 0.3) is 0 Å². The average molecular weight is 221 g/mol. The molecule has 0 aromatic carbocycles. The summed E-state index contributed by atoms with van der Waals surface area (Å²) in [5.74, 6) is -0.334. The van der Waals surface area contributed by atoms with Crippen LogP contribution in [0.2, 0.25) is 0 Å². The van der Waals surface area contributed by atoms with E-state index in [0.29, 0.717) is 18.5 Å². The number of allylic oxidation sites excluding steroid dienone is 1. The predicted molar refractivity (Wildman–Crippen MR) is 61.3 cm³/mol. The van der Waals surface area contributed by atoms with E-state index in [-0.39, 0.29) is 5.97 Å². The van der Waals surface area contributed by atoms with E-state index in [4.69, 9.17) is 4.74 Å². The van der Waals surface area contributed by atoms with Crippen molar-refractivity contribution in [2.45, 2.75) is 20.8 Å². The van der Waals surface area contributed by atoms with E-state index < -0.39 is 0 Å². The van der Waals surface area contributed by atoms with Gasteiger partial charge in [0.05, 0.1) is 12.2 Å². The second-order valence-corrected chi connectivity index (χ2v) is 3.38. The fourth-order valence-corrected chi connectivity index (χ4v) is 1.59. The maximum atomic E-state index is 11.6. The number of nitrogens with one attached hydrogen (secondary N) is 1. The Labute approximate surface area is 94.3 Å². The molecule has 0 bridgehead atoms. The van der Waals surface area contributed by atoms with Crippen LogP contribution in [0.15, 0.2) is 6.08 Å². The van der Waals surface area contributed by atoms with E-state index in [1.807, 2.05) is 6.92 Å². The standard InChI is InChI=1S/C12H15NO3/c1-4-16-12(15)11-8(2)10(6-5-7-14)13-9(11)3/h5-7,13H,4H2,1-3H3. The van der Waals surface area contributed by atoms with Gasteiger partial charge in [-0.1, -0.05) is 0 Å². The molecule has 1 heterocycles. The molecule has 4 heteroatoms. The first-order valence-electron chi connectivity index (χ1n) is 5.10. The molecule has 0 radical (unpaired) electrons. The van der Waals surface area contributed by atoms with Gasteiger partial charge in [-0.15, -0.1) is 0 Å². The smallest absolute Gasteiger partial charge is 0.340 e. The van der Waals surface area contributed by atoms with E-state index >= 15 is 0 Å². The molecule has 0 unspecified atom stereocenters. The van der Waals surface area contributed by atoms with Crippen molar-refractivity contribution < 1.29 is 14.3 Å². The van der Waals surface area contributed by atoms with Crippen LogP contribution in [0.25, 0.3) is 6.08 Å². The normalized spacial score (nSPS) is 10.7. The summed E-state index contributed by atoms with van der Waals surface area (Å²) in [6, 6.07) is 0. The second kappa shape index (κ2) is 5.30. The van der Waals surface area contributed by atoms with Gasteiger partial charge >= 0.3 is 5.97 Å². The van der Waals surface area contributed by atoms with Crippen LogP contribution >= 0.6 is 0 Å². The fourth-order valence-electron chi connectivity index (χ4n) is 1.59. The van der Waals surface area contributed by atoms with E-state index in [1.54, 1.807) is 19.9 Å². The van der Waals surface area contributed by atoms with Gasteiger partial charge in [-0.25, -0.2) is 4.79 Å². The van der Waals surface area contributed by atoms with Crippen LogP contribution < -0.4 is 0 Å². The second-order valence-electron chi connectivity index (χ2n) is 3.38. The number of aryl methyl sites for hydroxylation is 1. The molecule has 1 aromatic rings. The number of aromatic nitrogens is 1. The lowest BCUT2D eigenvalue weighted by Crippen LogP contribution is -2.06. The number of hydrogen-bond donors (Lipinski definition) is 1. The van der Waals surface area contributed by atoms with Crippen LogP contribution in [0.4, 0.5) is 0 Å². The summed E-state index contributed by atoms with van der Waals surface area (Å²) in [4.78, 5) is 24.9. The molecule has 0 spiro atoms. The molecule has 0 atom stereocenters. The van der Waals surface area contributed by atoms with Crippen molar-refractivity contribution in [3.63, 3.8) is 0 Å². The largest absolute Gasteiger partial charge is 0.462 e. The molecule has 0 amide bonds. The number of ether oxygens (including phenoxy) is 1. The molecule has 86 valence electrons. The number of esters is 1. The highest BCUT2D eigenvalue weighted by Crippen LogP contribution is 2.19. The lowest BCUT2D eigenvalue weighted by atomic mass is 10.1. The van der Waals surface area contributed by atoms with Gasteiger partial charge < -0.3 is 9.72 Å². The number of aromatic amines is 1. The van der Waals surface area contributed by atoms with E-state index in [9.17, 15) is 9.59 Å². The Kier molecular flexibility index (Phi) is 4.05. The van der Waals surface area contributed by atoms with Gasteiger partial charge in [-0.3, -0.25) is 4.79 Å². The lowest BCUT2D eigenvalue weighted by Gasteiger charge is -2.01. The summed E-state index contributed by atoms with van der Waals surface area (Å²) in [6.07, 6.45) is 3.71. The highest BCUT2D eigenvalue weighted by Gasteiger charge is 2.17. The highest BCUT2D eigenvalue weighted by molar-refractivity contribution is 5.93. The maximum Gasteiger partial charge on any atom is 0.340 e. The van der Waals surface area contributed by atoms with Crippen LogP contribution in [0.1, 0.15) is 34.2 Å². The SMILES string of the molecule is CCOC(=O)c1c(C)[nH]c(C=CC=O)c1C. The van der Waals surface area contributed by atoms with Crippen LogP contribution in [0.3, 0.4) is 0 Å². The van der Waals surface area contributed by atoms with E-state index in [1.165, 1.54) is 6.08 Å². The molecule has 1 N–H and O–H groups in total. The summed E-state index contributed by atoms with van der Waals surface area (Å²) < 4.78 is 4.95. The zero-order valence-corrected chi connectivity index (χ0v) is 9.66. The zero-order chi connectivity index (χ0) is 12.1. The number of H-pyrrole nitrogens is 1. The van der Waals surface area contributed by atoms with Gasteiger partial charge in [0.2, 0.25) is 0 Å². The van der Waals surface area contributed by atoms with Crippen LogP contribution in [-0.2, 0) is 9.53 Å². The molecular weight excluding hydrogens is 206 g/mol. The number of rotatable bonds is 4. The first-order chi connectivity index (χ1) is 7.61. The Bertz CT molecular complexity index is 430. The molecule has 0 aliphatic carbocycles. The van der Waals surface area contributed by atoms with Gasteiger partial charge in [-0.05, 0) is 38.5 Å². The minimum atomic E-state index is -0.334. The van der Waals surface area contributed by atoms with Crippen LogP contribution in [0.5, 0.6) is 0 Å². The lowest BCUT2D eigenvalue weighted by molar-refractivity contribution is -0.104. The summed E-state index contributed by atoms with van der Waals surface area (Å²) in [5.41, 5.74) is 2.86. The van der Waals surface area contributed by atoms with E-state index in [2.05, 4.69) is 4.98 Å². The van der Waals surface area contributed by atoms with Crippen LogP contribution in [0, 0.1) is 13.8 Å². The predicted octanol–water partition coefficient (Wildman–Crippen LogP) is 2.02. The van der Waals surface area contributed by atoms with Crippen LogP contribution in [-0.4, -0.2) is 23.8 Å². The van der Waals surface area contributed by atoms with Crippen molar-refractivity contribution in [1.82, 2.24) is 4.98 Å². The van der Waals surface area contributed by atoms with Crippen molar-refractivity contribution in [2.24, 2.45) is 0 Å². The molecule has 4 nitrogen and oxygen atoms in total. The highest BCUT2D eigenvalue weighted by atomic mass is 16.5. The number of aldehydes is 1. The van der Waals surface area contributed by atoms with Crippen molar-refractivity contribution >= 4 is 18.3 Å². The van der Waals surface area contributed by atoms with Gasteiger partial charge in [0.15, 0.2) is 0 Å². The summed E-state index contributed by atoms with van der Waals surface area (Å²) in [6.45, 7) is 5.74. The minimum absolute atomic E-state index is 0.334. The molecule has 0 saturated carbocycles. The summed E-state index contributed by atoms with van der Waals surface area (Å²) in [7, 11) is 0. The van der Waals surface area contributed by atoms with Crippen molar-refractivity contribution in [2.75, 3.05) is 6.61 Å². The molecule has 1 aromatic heterocycles. The molecule has 16 heavy (non-hydrogen) atoms. The Balaban J connectivity index is 3.11. The Morgan fingerprint density at radius 3 is 2.69 bits per heavy atom. The number of carbonyl (C=O) groups excluding carboxylic acids is 2. The first-order valence-corrected chi connectivity index (χ1v) is 5.10. The molecule has 0 saturated heterocycles. The molecular formula is C12H15NO3. The van der Waals surface area contributed by atoms with E-state index in [0.717, 1.165) is 17.0 Å². The van der Waals surface area contributed by atoms with Crippen molar-refractivity contribution in [3.8, 4) is 0 Å². The zero-order valence-electron chi connectivity index (χ0n) is 9.66. The third-order valence-electron chi connectivity index (χ3n) is 2.30. The third kappa shape index (κ3) is 2.39. The Hall–Kier alpha value is -1.84. The van der Waals surface area contributed by atoms with Gasteiger partial charge in [-0.2, -0.15) is 0 Å². The Morgan fingerprint density at radius 2 is 2.12 bits per heavy atom. The van der Waals surface area contributed by atoms with Gasteiger partial charge in [0.1, 0.15) is 6.29 Å². The van der Waals surface area contributed by atoms with Gasteiger partial charge in [0, 0.05) is 11.4 Å². The minimum Gasteiger partial charge on any atom is -0.462 e. The monoisotopic (exact) mass is 221 g/mol. The maximum absolute atomic E-state index is 11.6. The Morgan fingerprint density at radius 1 is 1.44 bits per heavy atom. The quantitative estimate of drug-likeness (QED) is 0.480. The fraction of sp³-hybridized carbons (Fsp3) is 0.333. The van der Waals surface area contributed by atoms with Crippen molar-refractivity contribution in [1.29, 1.82) is 0 Å². The molecule has 0 aliphatic heterocycles. The number of hydrogen-bond acceptors (Lipinski definition) is 3. The van der Waals surface area contributed by atoms with Crippen molar-refractivity contribution in [3.05, 3.63) is 28.6 Å². The topological polar surface area (TPSA) is 59.2 Å². The molecule has 0 aliphatic rings.